The van der Waals surface area contributed by atoms with Crippen molar-refractivity contribution in [3.05, 3.63) is 41.2 Å². The first-order valence-electron chi connectivity index (χ1n) is 7.14. The van der Waals surface area contributed by atoms with Gasteiger partial charge in [0.05, 0.1) is 11.4 Å². The highest BCUT2D eigenvalue weighted by Gasteiger charge is 2.20. The topological polar surface area (TPSA) is 85.6 Å². The van der Waals surface area contributed by atoms with Crippen molar-refractivity contribution in [3.8, 4) is 11.3 Å². The quantitative estimate of drug-likeness (QED) is 0.796. The maximum atomic E-state index is 12.5. The van der Waals surface area contributed by atoms with Crippen LogP contribution in [0.1, 0.15) is 35.1 Å². The van der Waals surface area contributed by atoms with Gasteiger partial charge >= 0.3 is 0 Å². The fourth-order valence-corrected chi connectivity index (χ4v) is 2.87. The molecule has 0 spiro atoms. The number of pyridine rings is 1. The van der Waals surface area contributed by atoms with E-state index in [1.807, 2.05) is 32.0 Å². The predicted molar refractivity (Wildman–Crippen MR) is 88.4 cm³/mol. The average molecular weight is 328 g/mol. The molecule has 0 radical (unpaired) electrons. The van der Waals surface area contributed by atoms with Crippen LogP contribution in [0.4, 0.5) is 5.82 Å². The fraction of sp³-hybridized carbons (Fsp3) is 0.267. The Morgan fingerprint density at radius 3 is 2.74 bits per heavy atom. The van der Waals surface area contributed by atoms with E-state index in [0.29, 0.717) is 16.4 Å². The molecule has 0 fully saturated rings. The molecule has 0 saturated carbocycles. The summed E-state index contributed by atoms with van der Waals surface area (Å²) in [5.41, 5.74) is 2.43. The molecular formula is C15H16N6OS. The number of amides is 1. The summed E-state index contributed by atoms with van der Waals surface area (Å²) in [7, 11) is 1.79. The maximum Gasteiger partial charge on any atom is 0.270 e. The number of hydrogen-bond acceptors (Lipinski definition) is 6. The minimum Gasteiger partial charge on any atom is -0.306 e. The van der Waals surface area contributed by atoms with Gasteiger partial charge in [0.2, 0.25) is 0 Å². The van der Waals surface area contributed by atoms with Crippen molar-refractivity contribution in [2.24, 2.45) is 7.05 Å². The van der Waals surface area contributed by atoms with Crippen molar-refractivity contribution < 1.29 is 4.79 Å². The number of aryl methyl sites for hydroxylation is 1. The van der Waals surface area contributed by atoms with Crippen LogP contribution in [0.25, 0.3) is 11.3 Å². The van der Waals surface area contributed by atoms with Crippen LogP contribution >= 0.6 is 11.5 Å². The molecule has 0 atom stereocenters. The summed E-state index contributed by atoms with van der Waals surface area (Å²) >= 11 is 1.10. The Hall–Kier alpha value is -2.61. The molecule has 23 heavy (non-hydrogen) atoms. The van der Waals surface area contributed by atoms with Crippen molar-refractivity contribution in [1.29, 1.82) is 0 Å². The van der Waals surface area contributed by atoms with E-state index in [1.54, 1.807) is 24.1 Å². The van der Waals surface area contributed by atoms with Crippen molar-refractivity contribution in [1.82, 2.24) is 24.4 Å². The summed E-state index contributed by atoms with van der Waals surface area (Å²) in [4.78, 5) is 17.0. The molecular weight excluding hydrogens is 312 g/mol. The lowest BCUT2D eigenvalue weighted by Gasteiger charge is -2.05. The number of nitrogens with one attached hydrogen (secondary N) is 1. The van der Waals surface area contributed by atoms with Gasteiger partial charge < -0.3 is 5.32 Å². The standard InChI is InChI=1S/C15H16N6OS/c1-9(2)13-14(23-20-18-13)15(22)17-12-8-11(19-21(12)3)10-4-6-16-7-5-10/h4-9H,1-3H3,(H,17,22). The van der Waals surface area contributed by atoms with Gasteiger partial charge in [0.1, 0.15) is 10.7 Å². The number of aromatic nitrogens is 5. The SMILES string of the molecule is CC(C)c1nnsc1C(=O)Nc1cc(-c2ccncc2)nn1C. The Balaban J connectivity index is 1.85. The van der Waals surface area contributed by atoms with Gasteiger partial charge in [-0.15, -0.1) is 5.10 Å². The van der Waals surface area contributed by atoms with Crippen LogP contribution in [0.15, 0.2) is 30.6 Å². The van der Waals surface area contributed by atoms with Crippen LogP contribution in [0.5, 0.6) is 0 Å². The second kappa shape index (κ2) is 6.25. The zero-order chi connectivity index (χ0) is 16.4. The molecule has 118 valence electrons. The van der Waals surface area contributed by atoms with Crippen molar-refractivity contribution in [3.63, 3.8) is 0 Å². The molecule has 0 saturated heterocycles. The summed E-state index contributed by atoms with van der Waals surface area (Å²) < 4.78 is 5.52. The van der Waals surface area contributed by atoms with E-state index in [2.05, 4.69) is 25.0 Å². The number of carbonyl (C=O) groups is 1. The largest absolute Gasteiger partial charge is 0.306 e. The predicted octanol–water partition coefficient (Wildman–Crippen LogP) is 2.71. The third-order valence-electron chi connectivity index (χ3n) is 3.36. The molecule has 8 heteroatoms. The molecule has 0 aliphatic heterocycles. The summed E-state index contributed by atoms with van der Waals surface area (Å²) in [6.07, 6.45) is 3.42. The van der Waals surface area contributed by atoms with Gasteiger partial charge in [0.15, 0.2) is 0 Å². The Kier molecular flexibility index (Phi) is 4.16. The van der Waals surface area contributed by atoms with Crippen LogP contribution in [0.2, 0.25) is 0 Å². The highest BCUT2D eigenvalue weighted by atomic mass is 32.1. The molecule has 3 aromatic heterocycles. The van der Waals surface area contributed by atoms with Gasteiger partial charge in [0.25, 0.3) is 5.91 Å². The lowest BCUT2D eigenvalue weighted by molar-refractivity contribution is 0.102. The van der Waals surface area contributed by atoms with Crippen LogP contribution in [-0.4, -0.2) is 30.3 Å². The first-order valence-corrected chi connectivity index (χ1v) is 7.91. The van der Waals surface area contributed by atoms with E-state index in [0.717, 1.165) is 22.8 Å². The first kappa shape index (κ1) is 15.3. The highest BCUT2D eigenvalue weighted by molar-refractivity contribution is 7.08. The normalized spacial score (nSPS) is 11.0. The minimum atomic E-state index is -0.215. The summed E-state index contributed by atoms with van der Waals surface area (Å²) in [6, 6.07) is 5.58. The Labute approximate surface area is 137 Å². The summed E-state index contributed by atoms with van der Waals surface area (Å²) in [5.74, 6) is 0.548. The lowest BCUT2D eigenvalue weighted by Crippen LogP contribution is -2.15. The molecule has 3 aromatic rings. The van der Waals surface area contributed by atoms with E-state index in [4.69, 9.17) is 0 Å². The van der Waals surface area contributed by atoms with Crippen LogP contribution in [-0.2, 0) is 7.05 Å². The third kappa shape index (κ3) is 3.11. The minimum absolute atomic E-state index is 0.147. The van der Waals surface area contributed by atoms with Crippen LogP contribution < -0.4 is 5.32 Å². The van der Waals surface area contributed by atoms with Gasteiger partial charge in [-0.1, -0.05) is 18.3 Å². The van der Waals surface area contributed by atoms with Gasteiger partial charge in [-0.25, -0.2) is 0 Å². The van der Waals surface area contributed by atoms with Gasteiger partial charge in [-0.05, 0) is 29.6 Å². The third-order valence-corrected chi connectivity index (χ3v) is 4.10. The lowest BCUT2D eigenvalue weighted by atomic mass is 10.1. The Bertz CT molecular complexity index is 824. The number of carbonyl (C=O) groups excluding carboxylic acids is 1. The number of anilines is 1. The zero-order valence-corrected chi connectivity index (χ0v) is 13.8. The van der Waals surface area contributed by atoms with E-state index < -0.39 is 0 Å². The van der Waals surface area contributed by atoms with E-state index in [-0.39, 0.29) is 11.8 Å². The molecule has 1 amide bonds. The van der Waals surface area contributed by atoms with Gasteiger partial charge in [-0.2, -0.15) is 5.10 Å². The van der Waals surface area contributed by atoms with E-state index >= 15 is 0 Å². The van der Waals surface area contributed by atoms with Crippen LogP contribution in [0, 0.1) is 0 Å². The number of hydrogen-bond donors (Lipinski definition) is 1. The fourth-order valence-electron chi connectivity index (χ4n) is 2.15. The molecule has 0 aromatic carbocycles. The van der Waals surface area contributed by atoms with Crippen molar-refractivity contribution in [2.75, 3.05) is 5.32 Å². The molecule has 0 aliphatic rings. The monoisotopic (exact) mass is 328 g/mol. The van der Waals surface area contributed by atoms with E-state index in [1.165, 1.54) is 0 Å². The van der Waals surface area contributed by atoms with Crippen molar-refractivity contribution in [2.45, 2.75) is 19.8 Å². The van der Waals surface area contributed by atoms with Crippen molar-refractivity contribution >= 4 is 23.3 Å². The summed E-state index contributed by atoms with van der Waals surface area (Å²) in [6.45, 7) is 3.97. The van der Waals surface area contributed by atoms with E-state index in [9.17, 15) is 4.79 Å². The maximum absolute atomic E-state index is 12.5. The van der Waals surface area contributed by atoms with Gasteiger partial charge in [-0.3, -0.25) is 14.5 Å². The second-order valence-electron chi connectivity index (χ2n) is 5.37. The first-order chi connectivity index (χ1) is 11.1. The number of rotatable bonds is 4. The molecule has 3 rings (SSSR count). The Morgan fingerprint density at radius 1 is 1.30 bits per heavy atom. The average Bonchev–Trinajstić information content (AvgIpc) is 3.16. The number of nitrogens with zero attached hydrogens (tertiary/aromatic N) is 5. The molecule has 3 heterocycles. The zero-order valence-electron chi connectivity index (χ0n) is 13.0. The molecule has 0 unspecified atom stereocenters. The summed E-state index contributed by atoms with van der Waals surface area (Å²) in [5, 5.41) is 11.3. The molecule has 0 aliphatic carbocycles. The smallest absolute Gasteiger partial charge is 0.270 e. The Morgan fingerprint density at radius 2 is 2.04 bits per heavy atom. The second-order valence-corrected chi connectivity index (χ2v) is 6.12. The molecule has 1 N–H and O–H groups in total. The van der Waals surface area contributed by atoms with Crippen LogP contribution in [0.3, 0.4) is 0 Å². The molecule has 0 bridgehead atoms. The van der Waals surface area contributed by atoms with Gasteiger partial charge in [0, 0.05) is 31.1 Å². The molecule has 7 nitrogen and oxygen atoms in total. The highest BCUT2D eigenvalue weighted by Crippen LogP contribution is 2.23.